The molecular formula is C9H9N3O3S. The maximum Gasteiger partial charge on any atom is 0.327 e. The van der Waals surface area contributed by atoms with E-state index in [2.05, 4.69) is 20.8 Å². The van der Waals surface area contributed by atoms with Crippen LogP contribution >= 0.6 is 11.5 Å². The monoisotopic (exact) mass is 239 g/mol. The number of amides is 1. The number of hydrogen-bond acceptors (Lipinski definition) is 5. The van der Waals surface area contributed by atoms with Crippen molar-refractivity contribution in [3.8, 4) is 12.3 Å². The summed E-state index contributed by atoms with van der Waals surface area (Å²) >= 11 is 0.912. The molecule has 84 valence electrons. The van der Waals surface area contributed by atoms with Crippen LogP contribution in [0.1, 0.15) is 21.8 Å². The lowest BCUT2D eigenvalue weighted by molar-refractivity contribution is -0.139. The van der Waals surface area contributed by atoms with Gasteiger partial charge in [-0.15, -0.1) is 17.4 Å². The second-order valence-corrected chi connectivity index (χ2v) is 3.71. The minimum atomic E-state index is -1.17. The Balaban J connectivity index is 2.74. The number of aliphatic carboxylic acids is 1. The highest BCUT2D eigenvalue weighted by Gasteiger charge is 2.21. The molecule has 0 aliphatic carbocycles. The molecule has 1 aromatic rings. The van der Waals surface area contributed by atoms with Gasteiger partial charge in [0.25, 0.3) is 5.91 Å². The summed E-state index contributed by atoms with van der Waals surface area (Å²) in [5, 5.41) is 14.7. The van der Waals surface area contributed by atoms with Gasteiger partial charge in [-0.25, -0.2) is 4.79 Å². The van der Waals surface area contributed by atoms with Crippen LogP contribution in [0.3, 0.4) is 0 Å². The summed E-state index contributed by atoms with van der Waals surface area (Å²) < 4.78 is 3.58. The third-order valence-electron chi connectivity index (χ3n) is 1.78. The smallest absolute Gasteiger partial charge is 0.327 e. The number of carbonyl (C=O) groups excluding carboxylic acids is 1. The molecule has 0 bridgehead atoms. The summed E-state index contributed by atoms with van der Waals surface area (Å²) in [5.41, 5.74) is 0.465. The van der Waals surface area contributed by atoms with Crippen molar-refractivity contribution in [2.45, 2.75) is 19.4 Å². The van der Waals surface area contributed by atoms with Gasteiger partial charge in [0, 0.05) is 6.42 Å². The van der Waals surface area contributed by atoms with Crippen molar-refractivity contribution in [2.75, 3.05) is 0 Å². The molecule has 6 nitrogen and oxygen atoms in total. The zero-order chi connectivity index (χ0) is 12.1. The zero-order valence-corrected chi connectivity index (χ0v) is 9.24. The second kappa shape index (κ2) is 5.23. The van der Waals surface area contributed by atoms with Crippen LogP contribution in [-0.4, -0.2) is 32.6 Å². The van der Waals surface area contributed by atoms with Crippen LogP contribution in [-0.2, 0) is 4.79 Å². The van der Waals surface area contributed by atoms with Crippen molar-refractivity contribution in [2.24, 2.45) is 0 Å². The van der Waals surface area contributed by atoms with Gasteiger partial charge in [0.2, 0.25) is 0 Å². The van der Waals surface area contributed by atoms with Crippen LogP contribution in [0.5, 0.6) is 0 Å². The van der Waals surface area contributed by atoms with Gasteiger partial charge >= 0.3 is 5.97 Å². The van der Waals surface area contributed by atoms with Crippen LogP contribution in [0.25, 0.3) is 0 Å². The number of nitrogens with zero attached hydrogens (tertiary/aromatic N) is 2. The Labute approximate surface area is 95.8 Å². The number of aryl methyl sites for hydroxylation is 1. The molecule has 16 heavy (non-hydrogen) atoms. The summed E-state index contributed by atoms with van der Waals surface area (Å²) in [6, 6.07) is -1.08. The molecule has 1 unspecified atom stereocenters. The van der Waals surface area contributed by atoms with Gasteiger partial charge in [-0.2, -0.15) is 0 Å². The normalized spacial score (nSPS) is 11.5. The van der Waals surface area contributed by atoms with Gasteiger partial charge in [0.15, 0.2) is 0 Å². The van der Waals surface area contributed by atoms with Gasteiger partial charge < -0.3 is 10.4 Å². The van der Waals surface area contributed by atoms with Gasteiger partial charge in [0.05, 0.1) is 5.69 Å². The van der Waals surface area contributed by atoms with E-state index in [0.29, 0.717) is 10.6 Å². The van der Waals surface area contributed by atoms with Crippen molar-refractivity contribution in [3.63, 3.8) is 0 Å². The standard InChI is InChI=1S/C9H9N3O3S/c1-3-4-6(9(14)15)10-8(13)7-5(2)11-12-16-7/h1,6H,4H2,2H3,(H,10,13)(H,14,15). The number of hydrogen-bond donors (Lipinski definition) is 2. The first-order valence-corrected chi connectivity index (χ1v) is 5.09. The molecule has 0 spiro atoms. The number of carboxylic acid groups (broad SMARTS) is 1. The lowest BCUT2D eigenvalue weighted by Crippen LogP contribution is -2.40. The predicted octanol–water partition coefficient (Wildman–Crippen LogP) is 0.0528. The van der Waals surface area contributed by atoms with E-state index in [-0.39, 0.29) is 6.42 Å². The Morgan fingerprint density at radius 3 is 2.81 bits per heavy atom. The Kier molecular flexibility index (Phi) is 3.96. The Hall–Kier alpha value is -1.94. The lowest BCUT2D eigenvalue weighted by atomic mass is 10.2. The summed E-state index contributed by atoms with van der Waals surface area (Å²) in [6.07, 6.45) is 4.94. The molecule has 1 aromatic heterocycles. The lowest BCUT2D eigenvalue weighted by Gasteiger charge is -2.10. The van der Waals surface area contributed by atoms with Crippen LogP contribution < -0.4 is 5.32 Å². The number of rotatable bonds is 4. The van der Waals surface area contributed by atoms with E-state index >= 15 is 0 Å². The van der Waals surface area contributed by atoms with Crippen molar-refractivity contribution in [1.82, 2.24) is 14.9 Å². The molecule has 1 rings (SSSR count). The molecule has 0 aliphatic rings. The van der Waals surface area contributed by atoms with Crippen molar-refractivity contribution in [3.05, 3.63) is 10.6 Å². The molecule has 1 heterocycles. The maximum atomic E-state index is 11.6. The molecule has 0 aliphatic heterocycles. The van der Waals surface area contributed by atoms with Crippen molar-refractivity contribution in [1.29, 1.82) is 0 Å². The molecule has 1 atom stereocenters. The Morgan fingerprint density at radius 2 is 2.38 bits per heavy atom. The van der Waals surface area contributed by atoms with Crippen LogP contribution in [0.4, 0.5) is 0 Å². The van der Waals surface area contributed by atoms with Gasteiger partial charge in [-0.1, -0.05) is 4.49 Å². The number of carbonyl (C=O) groups is 2. The molecule has 0 aromatic carbocycles. The molecule has 0 saturated heterocycles. The van der Waals surface area contributed by atoms with Crippen LogP contribution in [0, 0.1) is 19.3 Å². The van der Waals surface area contributed by atoms with Crippen LogP contribution in [0.15, 0.2) is 0 Å². The van der Waals surface area contributed by atoms with Crippen LogP contribution in [0.2, 0.25) is 0 Å². The van der Waals surface area contributed by atoms with Gasteiger partial charge in [-0.05, 0) is 18.5 Å². The van der Waals surface area contributed by atoms with Crippen molar-refractivity contribution < 1.29 is 14.7 Å². The highest BCUT2D eigenvalue weighted by atomic mass is 32.1. The SMILES string of the molecule is C#CCC(NC(=O)c1snnc1C)C(=O)O. The maximum absolute atomic E-state index is 11.6. The third kappa shape index (κ3) is 2.77. The van der Waals surface area contributed by atoms with E-state index in [4.69, 9.17) is 11.5 Å². The highest BCUT2D eigenvalue weighted by molar-refractivity contribution is 7.08. The summed E-state index contributed by atoms with van der Waals surface area (Å²) in [4.78, 5) is 22.6. The van der Waals surface area contributed by atoms with E-state index in [1.165, 1.54) is 0 Å². The summed E-state index contributed by atoms with van der Waals surface area (Å²) in [5.74, 6) is 0.507. The Bertz CT molecular complexity index is 449. The predicted molar refractivity (Wildman–Crippen MR) is 57.0 cm³/mol. The first-order chi connectivity index (χ1) is 7.56. The van der Waals surface area contributed by atoms with E-state index in [1.807, 2.05) is 0 Å². The number of terminal acetylenes is 1. The summed E-state index contributed by atoms with van der Waals surface area (Å²) in [6.45, 7) is 1.62. The molecule has 0 radical (unpaired) electrons. The molecule has 0 saturated carbocycles. The fourth-order valence-electron chi connectivity index (χ4n) is 0.981. The van der Waals surface area contributed by atoms with Gasteiger partial charge in [0.1, 0.15) is 10.9 Å². The Morgan fingerprint density at radius 1 is 1.69 bits per heavy atom. The number of aromatic nitrogens is 2. The first kappa shape index (κ1) is 12.1. The van der Waals surface area contributed by atoms with E-state index in [9.17, 15) is 9.59 Å². The highest BCUT2D eigenvalue weighted by Crippen LogP contribution is 2.09. The minimum absolute atomic E-state index is 0.0631. The fraction of sp³-hybridized carbons (Fsp3) is 0.333. The number of nitrogens with one attached hydrogen (secondary N) is 1. The molecule has 2 N–H and O–H groups in total. The topological polar surface area (TPSA) is 92.2 Å². The second-order valence-electron chi connectivity index (χ2n) is 2.96. The molecular weight excluding hydrogens is 230 g/mol. The first-order valence-electron chi connectivity index (χ1n) is 4.32. The van der Waals surface area contributed by atoms with E-state index < -0.39 is 17.9 Å². The molecule has 1 amide bonds. The third-order valence-corrected chi connectivity index (χ3v) is 2.61. The van der Waals surface area contributed by atoms with Crippen molar-refractivity contribution >= 4 is 23.4 Å². The minimum Gasteiger partial charge on any atom is -0.480 e. The van der Waals surface area contributed by atoms with E-state index in [0.717, 1.165) is 11.5 Å². The quantitative estimate of drug-likeness (QED) is 0.724. The molecule has 7 heteroatoms. The fourth-order valence-corrected chi connectivity index (χ4v) is 1.54. The number of carboxylic acids is 1. The average Bonchev–Trinajstić information content (AvgIpc) is 2.63. The van der Waals surface area contributed by atoms with Gasteiger partial charge in [-0.3, -0.25) is 4.79 Å². The summed E-state index contributed by atoms with van der Waals surface area (Å²) in [7, 11) is 0. The van der Waals surface area contributed by atoms with E-state index in [1.54, 1.807) is 6.92 Å². The largest absolute Gasteiger partial charge is 0.480 e. The zero-order valence-electron chi connectivity index (χ0n) is 8.43. The average molecular weight is 239 g/mol. The molecule has 0 fully saturated rings.